The van der Waals surface area contributed by atoms with Gasteiger partial charge in [-0.15, -0.1) is 0 Å². The number of hydrogen-bond donors (Lipinski definition) is 4. The van der Waals surface area contributed by atoms with Gasteiger partial charge in [-0.2, -0.15) is 0 Å². The largest absolute Gasteiger partial charge is 0.481 e. The monoisotopic (exact) mass is 309 g/mol. The second-order valence-corrected chi connectivity index (χ2v) is 4.46. The molecule has 0 fully saturated rings. The third-order valence-electron chi connectivity index (χ3n) is 2.53. The Balaban J connectivity index is 0.000000626. The van der Waals surface area contributed by atoms with Crippen molar-refractivity contribution in [1.82, 2.24) is 0 Å². The number of aldehydes is 1. The quantitative estimate of drug-likeness (QED) is 0.398. The van der Waals surface area contributed by atoms with E-state index in [0.717, 1.165) is 0 Å². The molecule has 0 aromatic heterocycles. The van der Waals surface area contributed by atoms with Gasteiger partial charge in [0.15, 0.2) is 12.1 Å². The zero-order valence-electron chi connectivity index (χ0n) is 12.1. The summed E-state index contributed by atoms with van der Waals surface area (Å²) in [6.07, 6.45) is 0.0900. The number of Topliss-reactive ketones (excluding diaryl/α,β-unsaturated/α-hetero) is 1. The van der Waals surface area contributed by atoms with Crippen molar-refractivity contribution in [2.75, 3.05) is 0 Å². The summed E-state index contributed by atoms with van der Waals surface area (Å²) in [7, 11) is 0. The molecule has 0 aliphatic heterocycles. The average Bonchev–Trinajstić information content (AvgIpc) is 2.46. The number of carbonyl (C=O) groups excluding carboxylic acids is 3. The van der Waals surface area contributed by atoms with Crippen LogP contribution >= 0.6 is 0 Å². The van der Waals surface area contributed by atoms with Gasteiger partial charge in [0, 0.05) is 11.1 Å². The van der Waals surface area contributed by atoms with Crippen LogP contribution in [0.5, 0.6) is 0 Å². The number of carbonyl (C=O) groups is 4. The summed E-state index contributed by atoms with van der Waals surface area (Å²) in [5.74, 6) is -2.15. The average molecular weight is 309 g/mol. The Morgan fingerprint density at radius 3 is 2.14 bits per heavy atom. The molecule has 2 atom stereocenters. The maximum Gasteiger partial charge on any atom is 0.305 e. The fourth-order valence-corrected chi connectivity index (χ4v) is 1.30. The summed E-state index contributed by atoms with van der Waals surface area (Å²) in [5, 5.41) is 8.50. The Morgan fingerprint density at radius 2 is 1.73 bits per heavy atom. The number of ketones is 1. The molecule has 8 heteroatoms. The van der Waals surface area contributed by atoms with Gasteiger partial charge >= 0.3 is 5.97 Å². The lowest BCUT2D eigenvalue weighted by Gasteiger charge is -2.09. The molecule has 120 valence electrons. The van der Waals surface area contributed by atoms with Gasteiger partial charge in [-0.05, 0) is 6.92 Å². The van der Waals surface area contributed by atoms with Gasteiger partial charge in [0.2, 0.25) is 5.91 Å². The first-order valence-corrected chi connectivity index (χ1v) is 6.31. The summed E-state index contributed by atoms with van der Waals surface area (Å²) in [6.45, 7) is 1.54. The van der Waals surface area contributed by atoms with E-state index < -0.39 is 36.2 Å². The standard InChI is InChI=1S/C11H11NO4.C3H8N2O/c12-9(5-10(14)15)11(16)8-4-2-1-3-7(8)6-13;1-2(4)3(5)6/h1-4,6,9H,5,12H2,(H,14,15);2H,4H2,1H3,(H2,5,6)/t9-;2-/m00/s1. The highest BCUT2D eigenvalue weighted by molar-refractivity contribution is 6.06. The van der Waals surface area contributed by atoms with Gasteiger partial charge < -0.3 is 22.3 Å². The molecule has 0 saturated heterocycles. The second kappa shape index (κ2) is 9.37. The number of aliphatic carboxylic acids is 1. The van der Waals surface area contributed by atoms with Gasteiger partial charge in [0.1, 0.15) is 0 Å². The van der Waals surface area contributed by atoms with Crippen molar-refractivity contribution in [2.24, 2.45) is 17.2 Å². The molecule has 0 aliphatic carbocycles. The predicted molar refractivity (Wildman–Crippen MR) is 79.2 cm³/mol. The molecule has 1 rings (SSSR count). The Morgan fingerprint density at radius 1 is 1.23 bits per heavy atom. The number of benzene rings is 1. The van der Waals surface area contributed by atoms with Crippen molar-refractivity contribution in [1.29, 1.82) is 0 Å². The minimum absolute atomic E-state index is 0.159. The highest BCUT2D eigenvalue weighted by Gasteiger charge is 2.20. The predicted octanol–water partition coefficient (Wildman–Crippen LogP) is -0.697. The second-order valence-electron chi connectivity index (χ2n) is 4.46. The number of hydrogen-bond acceptors (Lipinski definition) is 6. The molecule has 0 aliphatic rings. The van der Waals surface area contributed by atoms with Crippen LogP contribution in [-0.2, 0) is 9.59 Å². The molecule has 0 heterocycles. The molecular formula is C14H19N3O5. The maximum atomic E-state index is 11.7. The first-order valence-electron chi connectivity index (χ1n) is 6.31. The summed E-state index contributed by atoms with van der Waals surface area (Å²) in [4.78, 5) is 42.6. The van der Waals surface area contributed by atoms with Crippen molar-refractivity contribution in [2.45, 2.75) is 25.4 Å². The molecule has 22 heavy (non-hydrogen) atoms. The van der Waals surface area contributed by atoms with E-state index >= 15 is 0 Å². The number of primary amides is 1. The minimum Gasteiger partial charge on any atom is -0.481 e. The summed E-state index contributed by atoms with van der Waals surface area (Å²) < 4.78 is 0. The Labute approximate surface area is 127 Å². The molecule has 0 bridgehead atoms. The normalized spacial score (nSPS) is 12.3. The van der Waals surface area contributed by atoms with Crippen LogP contribution in [-0.4, -0.2) is 41.1 Å². The van der Waals surface area contributed by atoms with Crippen LogP contribution in [0, 0.1) is 0 Å². The SMILES string of the molecule is C[C@H](N)C(N)=O.N[C@@H](CC(=O)O)C(=O)c1ccccc1C=O. The zero-order valence-corrected chi connectivity index (χ0v) is 12.1. The first-order chi connectivity index (χ1) is 10.2. The van der Waals surface area contributed by atoms with Crippen LogP contribution in [0.2, 0.25) is 0 Å². The lowest BCUT2D eigenvalue weighted by Crippen LogP contribution is -2.33. The molecule has 7 N–H and O–H groups in total. The first kappa shape index (κ1) is 19.4. The Bertz CT molecular complexity index is 557. The van der Waals surface area contributed by atoms with Crippen LogP contribution in [0.3, 0.4) is 0 Å². The van der Waals surface area contributed by atoms with Gasteiger partial charge in [0.05, 0.1) is 18.5 Å². The highest BCUT2D eigenvalue weighted by Crippen LogP contribution is 2.10. The van der Waals surface area contributed by atoms with E-state index in [1.165, 1.54) is 12.1 Å². The van der Waals surface area contributed by atoms with Crippen LogP contribution in [0.25, 0.3) is 0 Å². The van der Waals surface area contributed by atoms with Gasteiger partial charge in [-0.3, -0.25) is 19.2 Å². The van der Waals surface area contributed by atoms with E-state index in [1.807, 2.05) is 0 Å². The molecular weight excluding hydrogens is 290 g/mol. The third kappa shape index (κ3) is 6.73. The number of carboxylic acid groups (broad SMARTS) is 1. The smallest absolute Gasteiger partial charge is 0.305 e. The van der Waals surface area contributed by atoms with Crippen molar-refractivity contribution in [3.8, 4) is 0 Å². The van der Waals surface area contributed by atoms with Crippen molar-refractivity contribution >= 4 is 23.9 Å². The fourth-order valence-electron chi connectivity index (χ4n) is 1.30. The van der Waals surface area contributed by atoms with Crippen molar-refractivity contribution < 1.29 is 24.3 Å². The molecule has 0 unspecified atom stereocenters. The van der Waals surface area contributed by atoms with Crippen molar-refractivity contribution in [3.63, 3.8) is 0 Å². The van der Waals surface area contributed by atoms with Gasteiger partial charge in [-0.1, -0.05) is 24.3 Å². The molecule has 0 spiro atoms. The molecule has 8 nitrogen and oxygen atoms in total. The molecule has 1 aromatic carbocycles. The lowest BCUT2D eigenvalue weighted by molar-refractivity contribution is -0.137. The van der Waals surface area contributed by atoms with Crippen molar-refractivity contribution in [3.05, 3.63) is 35.4 Å². The van der Waals surface area contributed by atoms with Gasteiger partial charge in [-0.25, -0.2) is 0 Å². The number of nitrogens with two attached hydrogens (primary N) is 3. The summed E-state index contributed by atoms with van der Waals surface area (Å²) >= 11 is 0. The zero-order chi connectivity index (χ0) is 17.3. The minimum atomic E-state index is -1.15. The lowest BCUT2D eigenvalue weighted by atomic mass is 9.98. The van der Waals surface area contributed by atoms with Crippen LogP contribution in [0.1, 0.15) is 34.1 Å². The Kier molecular flexibility index (Phi) is 8.27. The van der Waals surface area contributed by atoms with Crippen LogP contribution < -0.4 is 17.2 Å². The van der Waals surface area contributed by atoms with E-state index in [4.69, 9.17) is 16.6 Å². The summed E-state index contributed by atoms with van der Waals surface area (Å²) in [5.41, 5.74) is 15.4. The molecule has 1 amide bonds. The van der Waals surface area contributed by atoms with Crippen LogP contribution in [0.15, 0.2) is 24.3 Å². The van der Waals surface area contributed by atoms with E-state index in [0.29, 0.717) is 6.29 Å². The molecule has 0 radical (unpaired) electrons. The Hall–Kier alpha value is -2.58. The van der Waals surface area contributed by atoms with E-state index in [9.17, 15) is 19.2 Å². The topological polar surface area (TPSA) is 167 Å². The van der Waals surface area contributed by atoms with Gasteiger partial charge in [0.25, 0.3) is 0 Å². The highest BCUT2D eigenvalue weighted by atomic mass is 16.4. The van der Waals surface area contributed by atoms with E-state index in [2.05, 4.69) is 5.73 Å². The fraction of sp³-hybridized carbons (Fsp3) is 0.286. The van der Waals surface area contributed by atoms with E-state index in [-0.39, 0.29) is 11.1 Å². The number of amides is 1. The van der Waals surface area contributed by atoms with E-state index in [1.54, 1.807) is 19.1 Å². The maximum absolute atomic E-state index is 11.7. The molecule has 1 aromatic rings. The number of carboxylic acids is 1. The van der Waals surface area contributed by atoms with Crippen LogP contribution in [0.4, 0.5) is 0 Å². The third-order valence-corrected chi connectivity index (χ3v) is 2.53. The number of rotatable bonds is 6. The summed E-state index contributed by atoms with van der Waals surface area (Å²) in [6, 6.07) is 4.50. The molecule has 0 saturated carbocycles.